The monoisotopic (exact) mass is 401 g/mol. The van der Waals surface area contributed by atoms with Crippen LogP contribution in [0.1, 0.15) is 45.4 Å². The third kappa shape index (κ3) is 4.65. The Balaban J connectivity index is 1.53. The Morgan fingerprint density at radius 2 is 2.07 bits per heavy atom. The minimum absolute atomic E-state index is 0.133. The zero-order valence-corrected chi connectivity index (χ0v) is 16.5. The number of nitriles is 1. The number of thioether (sulfide) groups is 1. The summed E-state index contributed by atoms with van der Waals surface area (Å²) < 4.78 is 5.23. The quantitative estimate of drug-likeness (QED) is 0.735. The van der Waals surface area contributed by atoms with E-state index in [2.05, 4.69) is 16.7 Å². The van der Waals surface area contributed by atoms with Gasteiger partial charge in [-0.3, -0.25) is 14.4 Å². The first-order valence-electron chi connectivity index (χ1n) is 9.42. The highest BCUT2D eigenvalue weighted by atomic mass is 32.2. The molecule has 1 aromatic rings. The number of hydrogen-bond acceptors (Lipinski definition) is 6. The molecule has 28 heavy (non-hydrogen) atoms. The van der Waals surface area contributed by atoms with Crippen LogP contribution >= 0.6 is 11.8 Å². The summed E-state index contributed by atoms with van der Waals surface area (Å²) in [6, 6.07) is 9.58. The van der Waals surface area contributed by atoms with E-state index in [9.17, 15) is 19.6 Å². The summed E-state index contributed by atoms with van der Waals surface area (Å²) in [7, 11) is 0. The Bertz CT molecular complexity index is 814. The number of carbonyl (C=O) groups excluding carboxylic acids is 3. The van der Waals surface area contributed by atoms with Gasteiger partial charge in [0.1, 0.15) is 5.54 Å². The van der Waals surface area contributed by atoms with Crippen LogP contribution in [-0.2, 0) is 19.1 Å². The van der Waals surface area contributed by atoms with E-state index in [0.717, 1.165) is 29.8 Å². The molecule has 0 unspecified atom stereocenters. The van der Waals surface area contributed by atoms with Gasteiger partial charge in [-0.05, 0) is 31.9 Å². The van der Waals surface area contributed by atoms with Crippen LogP contribution in [-0.4, -0.2) is 34.7 Å². The molecule has 2 N–H and O–H groups in total. The van der Waals surface area contributed by atoms with Crippen LogP contribution in [0.25, 0.3) is 0 Å². The fraction of sp³-hybridized carbons (Fsp3) is 0.500. The predicted molar refractivity (Wildman–Crippen MR) is 104 cm³/mol. The molecule has 0 aromatic heterocycles. The Morgan fingerprint density at radius 3 is 2.79 bits per heavy atom. The van der Waals surface area contributed by atoms with E-state index in [1.807, 2.05) is 18.2 Å². The molecule has 0 radical (unpaired) electrons. The number of amides is 2. The number of anilines is 1. The Morgan fingerprint density at radius 1 is 1.36 bits per heavy atom. The lowest BCUT2D eigenvalue weighted by atomic mass is 9.83. The zero-order valence-electron chi connectivity index (χ0n) is 15.7. The number of esters is 1. The van der Waals surface area contributed by atoms with Gasteiger partial charge < -0.3 is 15.4 Å². The van der Waals surface area contributed by atoms with Gasteiger partial charge in [0, 0.05) is 4.90 Å². The molecule has 2 aliphatic rings. The van der Waals surface area contributed by atoms with E-state index in [-0.39, 0.29) is 12.3 Å². The molecule has 2 amide bonds. The van der Waals surface area contributed by atoms with Crippen molar-refractivity contribution in [2.75, 3.05) is 5.32 Å². The maximum atomic E-state index is 12.4. The molecule has 1 aliphatic carbocycles. The number of rotatable bonds is 5. The molecule has 1 fully saturated rings. The average Bonchev–Trinajstić information content (AvgIpc) is 2.69. The fourth-order valence-electron chi connectivity index (χ4n) is 3.43. The molecule has 1 heterocycles. The van der Waals surface area contributed by atoms with Crippen molar-refractivity contribution in [3.05, 3.63) is 24.3 Å². The van der Waals surface area contributed by atoms with Gasteiger partial charge in [-0.1, -0.05) is 31.4 Å². The van der Waals surface area contributed by atoms with Crippen LogP contribution in [0, 0.1) is 11.3 Å². The van der Waals surface area contributed by atoms with Crippen LogP contribution in [0.15, 0.2) is 29.2 Å². The van der Waals surface area contributed by atoms with E-state index >= 15 is 0 Å². The van der Waals surface area contributed by atoms with Gasteiger partial charge in [0.2, 0.25) is 5.91 Å². The minimum atomic E-state index is -1.02. The van der Waals surface area contributed by atoms with Crippen molar-refractivity contribution in [1.82, 2.24) is 5.32 Å². The summed E-state index contributed by atoms with van der Waals surface area (Å²) in [6.07, 6.45) is 2.88. The van der Waals surface area contributed by atoms with Crippen molar-refractivity contribution >= 4 is 35.2 Å². The maximum absolute atomic E-state index is 12.4. The molecule has 1 aliphatic heterocycles. The molecule has 2 atom stereocenters. The zero-order chi connectivity index (χ0) is 20.1. The third-order valence-corrected chi connectivity index (χ3v) is 6.29. The van der Waals surface area contributed by atoms with Crippen molar-refractivity contribution in [3.63, 3.8) is 0 Å². The molecular weight excluding hydrogens is 378 g/mol. The number of hydrogen-bond donors (Lipinski definition) is 2. The van der Waals surface area contributed by atoms with Crippen LogP contribution in [0.5, 0.6) is 0 Å². The maximum Gasteiger partial charge on any atom is 0.308 e. The van der Waals surface area contributed by atoms with Crippen molar-refractivity contribution < 1.29 is 19.1 Å². The van der Waals surface area contributed by atoms with Crippen molar-refractivity contribution in [3.8, 4) is 6.07 Å². The van der Waals surface area contributed by atoms with Gasteiger partial charge in [0.15, 0.2) is 6.10 Å². The minimum Gasteiger partial charge on any atom is -0.453 e. The van der Waals surface area contributed by atoms with E-state index in [0.29, 0.717) is 12.8 Å². The molecule has 0 spiro atoms. The fourth-order valence-corrected chi connectivity index (χ4v) is 4.53. The number of ether oxygens (including phenoxy) is 1. The Kier molecular flexibility index (Phi) is 6.25. The van der Waals surface area contributed by atoms with Crippen LogP contribution in [0.2, 0.25) is 0 Å². The van der Waals surface area contributed by atoms with Gasteiger partial charge in [-0.2, -0.15) is 5.26 Å². The molecule has 0 bridgehead atoms. The summed E-state index contributed by atoms with van der Waals surface area (Å²) >= 11 is 1.30. The number of benzene rings is 1. The average molecular weight is 401 g/mol. The molecule has 8 heteroatoms. The summed E-state index contributed by atoms with van der Waals surface area (Å²) in [5, 5.41) is 14.4. The lowest BCUT2D eigenvalue weighted by molar-refractivity contribution is -0.155. The summed E-state index contributed by atoms with van der Waals surface area (Å²) in [5.41, 5.74) is -0.150. The summed E-state index contributed by atoms with van der Waals surface area (Å²) in [5.74, 6) is -1.37. The first-order valence-corrected chi connectivity index (χ1v) is 10.3. The van der Waals surface area contributed by atoms with Crippen molar-refractivity contribution in [1.29, 1.82) is 5.26 Å². The van der Waals surface area contributed by atoms with Gasteiger partial charge in [0.25, 0.3) is 5.91 Å². The highest BCUT2D eigenvalue weighted by Gasteiger charge is 2.36. The molecule has 1 saturated carbocycles. The predicted octanol–water partition coefficient (Wildman–Crippen LogP) is 2.76. The van der Waals surface area contributed by atoms with Crippen LogP contribution < -0.4 is 10.6 Å². The third-order valence-electron chi connectivity index (χ3n) is 5.02. The molecule has 148 valence electrons. The summed E-state index contributed by atoms with van der Waals surface area (Å²) in [6.45, 7) is 1.48. The first-order chi connectivity index (χ1) is 13.4. The SMILES string of the molecule is C[C@H](OC(=O)C[C@H]1Sc2ccccc2NC1=O)C(=O)NC1(C#N)CCCCC1. The lowest BCUT2D eigenvalue weighted by Gasteiger charge is -2.32. The van der Waals surface area contributed by atoms with Gasteiger partial charge in [0.05, 0.1) is 23.4 Å². The van der Waals surface area contributed by atoms with Gasteiger partial charge in [-0.15, -0.1) is 11.8 Å². The highest BCUT2D eigenvalue weighted by molar-refractivity contribution is 8.01. The normalized spacial score (nSPS) is 21.4. The number of nitrogens with one attached hydrogen (secondary N) is 2. The van der Waals surface area contributed by atoms with E-state index < -0.39 is 28.8 Å². The van der Waals surface area contributed by atoms with Crippen molar-refractivity contribution in [2.45, 2.75) is 67.2 Å². The molecule has 3 rings (SSSR count). The Labute approximate surface area is 168 Å². The second kappa shape index (κ2) is 8.65. The van der Waals surface area contributed by atoms with E-state index in [1.54, 1.807) is 6.07 Å². The molecular formula is C20H23N3O4S. The highest BCUT2D eigenvalue weighted by Crippen LogP contribution is 2.36. The number of para-hydroxylation sites is 1. The second-order valence-corrected chi connectivity index (χ2v) is 8.42. The molecule has 7 nitrogen and oxygen atoms in total. The van der Waals surface area contributed by atoms with Crippen LogP contribution in [0.4, 0.5) is 5.69 Å². The van der Waals surface area contributed by atoms with Crippen molar-refractivity contribution in [2.24, 2.45) is 0 Å². The summed E-state index contributed by atoms with van der Waals surface area (Å²) in [4.78, 5) is 37.8. The van der Waals surface area contributed by atoms with E-state index in [4.69, 9.17) is 4.74 Å². The van der Waals surface area contributed by atoms with Crippen LogP contribution in [0.3, 0.4) is 0 Å². The number of nitrogens with zero attached hydrogens (tertiary/aromatic N) is 1. The topological polar surface area (TPSA) is 108 Å². The van der Waals surface area contributed by atoms with E-state index in [1.165, 1.54) is 18.7 Å². The first kappa shape index (κ1) is 20.2. The largest absolute Gasteiger partial charge is 0.453 e. The lowest BCUT2D eigenvalue weighted by Crippen LogP contribution is -2.52. The smallest absolute Gasteiger partial charge is 0.308 e. The Hall–Kier alpha value is -2.53. The van der Waals surface area contributed by atoms with Gasteiger partial charge in [-0.25, -0.2) is 0 Å². The second-order valence-electron chi connectivity index (χ2n) is 7.17. The standard InChI is InChI=1S/C20H23N3O4S/c1-13(18(25)23-20(12-21)9-5-2-6-10-20)27-17(24)11-16-19(26)22-14-7-3-4-8-15(14)28-16/h3-4,7-8,13,16H,2,5-6,9-11H2,1H3,(H,22,26)(H,23,25)/t13-,16+/m0/s1. The molecule has 0 saturated heterocycles. The number of fused-ring (bicyclic) bond motifs is 1. The number of carbonyl (C=O) groups is 3. The van der Waals surface area contributed by atoms with Gasteiger partial charge >= 0.3 is 5.97 Å². The molecule has 1 aromatic carbocycles.